The fourth-order valence-corrected chi connectivity index (χ4v) is 6.78. The third kappa shape index (κ3) is 6.62. The molecule has 39 heavy (non-hydrogen) atoms. The van der Waals surface area contributed by atoms with Crippen LogP contribution in [0, 0.1) is 5.41 Å². The van der Waals surface area contributed by atoms with Crippen molar-refractivity contribution in [3.63, 3.8) is 0 Å². The van der Waals surface area contributed by atoms with Gasteiger partial charge in [0.15, 0.2) is 0 Å². The number of aromatic nitrogens is 2. The van der Waals surface area contributed by atoms with Crippen LogP contribution >= 0.6 is 0 Å². The number of carbonyl (C=O) groups is 2. The third-order valence-electron chi connectivity index (χ3n) is 7.31. The highest BCUT2D eigenvalue weighted by Gasteiger charge is 2.34. The van der Waals surface area contributed by atoms with Crippen LogP contribution in [0.15, 0.2) is 29.3 Å². The van der Waals surface area contributed by atoms with Crippen molar-refractivity contribution in [3.05, 3.63) is 41.2 Å². The van der Waals surface area contributed by atoms with Crippen LogP contribution in [0.1, 0.15) is 62.8 Å². The van der Waals surface area contributed by atoms with Gasteiger partial charge < -0.3 is 19.3 Å². The van der Waals surface area contributed by atoms with E-state index in [1.165, 1.54) is 16.4 Å². The predicted octanol–water partition coefficient (Wildman–Crippen LogP) is 2.75. The Kier molecular flexibility index (Phi) is 8.67. The number of methoxy groups -OCH3 is 1. The number of aromatic hydroxyl groups is 1. The average molecular weight is 564 g/mol. The fraction of sp³-hybridized carbons (Fsp3) is 0.593. The van der Waals surface area contributed by atoms with E-state index in [0.29, 0.717) is 56.4 Å². The van der Waals surface area contributed by atoms with Crippen LogP contribution < -0.4 is 0 Å². The lowest BCUT2D eigenvalue weighted by Crippen LogP contribution is -2.41. The van der Waals surface area contributed by atoms with Gasteiger partial charge in [0, 0.05) is 44.1 Å². The van der Waals surface area contributed by atoms with Crippen molar-refractivity contribution in [2.45, 2.75) is 76.3 Å². The maximum Gasteiger partial charge on any atom is 0.314 e. The van der Waals surface area contributed by atoms with E-state index in [1.54, 1.807) is 40.1 Å². The monoisotopic (exact) mass is 563 g/mol. The van der Waals surface area contributed by atoms with E-state index in [1.807, 2.05) is 4.68 Å². The molecular formula is C27H37N3O8S. The summed E-state index contributed by atoms with van der Waals surface area (Å²) >= 11 is 0. The Morgan fingerprint density at radius 2 is 1.82 bits per heavy atom. The predicted molar refractivity (Wildman–Crippen MR) is 140 cm³/mol. The molecule has 214 valence electrons. The molecule has 12 heteroatoms. The minimum absolute atomic E-state index is 0.0365. The van der Waals surface area contributed by atoms with Crippen LogP contribution in [0.5, 0.6) is 5.75 Å². The molecule has 1 saturated heterocycles. The van der Waals surface area contributed by atoms with Gasteiger partial charge in [-0.25, -0.2) is 8.42 Å². The first-order valence-corrected chi connectivity index (χ1v) is 14.6. The number of sulfonamides is 1. The van der Waals surface area contributed by atoms with E-state index < -0.39 is 34.2 Å². The van der Waals surface area contributed by atoms with E-state index >= 15 is 0 Å². The Labute approximate surface area is 229 Å². The molecule has 1 N–H and O–H groups in total. The van der Waals surface area contributed by atoms with Crippen LogP contribution in [0.3, 0.4) is 0 Å². The smallest absolute Gasteiger partial charge is 0.314 e. The van der Waals surface area contributed by atoms with Gasteiger partial charge in [0.1, 0.15) is 5.75 Å². The molecule has 1 aromatic heterocycles. The summed E-state index contributed by atoms with van der Waals surface area (Å²) in [4.78, 5) is 24.4. The van der Waals surface area contributed by atoms with Crippen molar-refractivity contribution < 1.29 is 37.3 Å². The zero-order valence-corrected chi connectivity index (χ0v) is 23.7. The maximum absolute atomic E-state index is 13.7. The highest BCUT2D eigenvalue weighted by molar-refractivity contribution is 7.89. The molecule has 0 bridgehead atoms. The van der Waals surface area contributed by atoms with E-state index in [9.17, 15) is 23.1 Å². The van der Waals surface area contributed by atoms with Gasteiger partial charge in [0.05, 0.1) is 29.0 Å². The lowest BCUT2D eigenvalue weighted by atomic mass is 9.87. The number of hydrogen-bond donors (Lipinski definition) is 1. The first kappa shape index (κ1) is 29.0. The number of phenolic OH excluding ortho intramolecular Hbond substituents is 1. The molecule has 0 saturated carbocycles. The third-order valence-corrected chi connectivity index (χ3v) is 9.26. The summed E-state index contributed by atoms with van der Waals surface area (Å²) in [6.45, 7) is 5.92. The minimum Gasteiger partial charge on any atom is -0.508 e. The number of aryl methyl sites for hydroxylation is 1. The topological polar surface area (TPSA) is 137 Å². The normalized spacial score (nSPS) is 18.9. The molecule has 2 aliphatic heterocycles. The second-order valence-electron chi connectivity index (χ2n) is 11.1. The summed E-state index contributed by atoms with van der Waals surface area (Å²) in [6.07, 6.45) is 3.96. The highest BCUT2D eigenvalue weighted by atomic mass is 32.2. The van der Waals surface area contributed by atoms with Crippen LogP contribution in [0.4, 0.5) is 0 Å². The Morgan fingerprint density at radius 1 is 1.10 bits per heavy atom. The summed E-state index contributed by atoms with van der Waals surface area (Å²) in [7, 11) is -2.21. The van der Waals surface area contributed by atoms with Crippen LogP contribution in [0.2, 0.25) is 0 Å². The quantitative estimate of drug-likeness (QED) is 0.380. The van der Waals surface area contributed by atoms with Gasteiger partial charge in [0.25, 0.3) is 0 Å². The molecule has 1 atom stereocenters. The van der Waals surface area contributed by atoms with Crippen LogP contribution in [-0.4, -0.2) is 72.6 Å². The second kappa shape index (κ2) is 11.6. The number of hydrogen-bond acceptors (Lipinski definition) is 9. The van der Waals surface area contributed by atoms with Crippen LogP contribution in [0.25, 0.3) is 0 Å². The minimum atomic E-state index is -3.84. The molecule has 0 aliphatic carbocycles. The molecule has 2 aromatic rings. The maximum atomic E-state index is 13.7. The van der Waals surface area contributed by atoms with E-state index in [-0.39, 0.29) is 29.1 Å². The van der Waals surface area contributed by atoms with Gasteiger partial charge in [-0.15, -0.1) is 0 Å². The number of benzene rings is 1. The van der Waals surface area contributed by atoms with Crippen molar-refractivity contribution in [1.82, 2.24) is 14.1 Å². The molecule has 11 nitrogen and oxygen atoms in total. The molecule has 1 unspecified atom stereocenters. The van der Waals surface area contributed by atoms with Crippen molar-refractivity contribution in [2.24, 2.45) is 5.41 Å². The molecule has 1 fully saturated rings. The number of esters is 2. The number of ether oxygens (including phenoxy) is 3. The molecule has 0 amide bonds. The van der Waals surface area contributed by atoms with Gasteiger partial charge in [-0.2, -0.15) is 9.40 Å². The Balaban J connectivity index is 1.48. The van der Waals surface area contributed by atoms with Crippen LogP contribution in [-0.2, 0) is 53.2 Å². The van der Waals surface area contributed by atoms with Gasteiger partial charge >= 0.3 is 11.9 Å². The first-order chi connectivity index (χ1) is 18.4. The SMILES string of the molecule is COC1CCN(S(=O)(=O)c2cc(O)ccc2C2CCn3ncc(CC(=O)OCOC(=O)C(C)(C)C)c3C2)CC1. The first-order valence-electron chi connectivity index (χ1n) is 13.1. The zero-order chi connectivity index (χ0) is 28.4. The molecule has 0 radical (unpaired) electrons. The van der Waals surface area contributed by atoms with E-state index in [2.05, 4.69) is 5.10 Å². The van der Waals surface area contributed by atoms with Gasteiger partial charge in [-0.3, -0.25) is 14.3 Å². The number of piperidine rings is 1. The fourth-order valence-electron chi connectivity index (χ4n) is 5.01. The van der Waals surface area contributed by atoms with Crippen molar-refractivity contribution in [1.29, 1.82) is 0 Å². The summed E-state index contributed by atoms with van der Waals surface area (Å²) in [5, 5.41) is 14.6. The highest BCUT2D eigenvalue weighted by Crippen LogP contribution is 2.37. The average Bonchev–Trinajstić information content (AvgIpc) is 3.29. The summed E-state index contributed by atoms with van der Waals surface area (Å²) in [5.74, 6) is -1.29. The molecule has 1 aromatic carbocycles. The van der Waals surface area contributed by atoms with Gasteiger partial charge in [-0.05, 0) is 64.0 Å². The lowest BCUT2D eigenvalue weighted by molar-refractivity contribution is -0.172. The Bertz CT molecular complexity index is 1310. The summed E-state index contributed by atoms with van der Waals surface area (Å²) in [5.41, 5.74) is 1.44. The van der Waals surface area contributed by atoms with Crippen molar-refractivity contribution >= 4 is 22.0 Å². The van der Waals surface area contributed by atoms with Gasteiger partial charge in [0.2, 0.25) is 16.8 Å². The lowest BCUT2D eigenvalue weighted by Gasteiger charge is -2.32. The number of rotatable bonds is 8. The summed E-state index contributed by atoms with van der Waals surface area (Å²) in [6, 6.07) is 4.52. The Morgan fingerprint density at radius 3 is 2.49 bits per heavy atom. The largest absolute Gasteiger partial charge is 0.508 e. The molecule has 0 spiro atoms. The molecular weight excluding hydrogens is 526 g/mol. The standard InChI is InChI=1S/C27H37N3O8S/c1-27(2,3)26(33)38-17-37-25(32)14-19-16-28-30-12-7-18(13-23(19)30)22-6-5-20(31)15-24(22)39(34,35)29-10-8-21(36-4)9-11-29/h5-6,15-16,18,21,31H,7-14,17H2,1-4H3. The van der Waals surface area contributed by atoms with Gasteiger partial charge in [-0.1, -0.05) is 6.07 Å². The second-order valence-corrected chi connectivity index (χ2v) is 13.0. The van der Waals surface area contributed by atoms with E-state index in [4.69, 9.17) is 14.2 Å². The Hall–Kier alpha value is -2.96. The zero-order valence-electron chi connectivity index (χ0n) is 22.9. The number of carbonyl (C=O) groups excluding carboxylic acids is 2. The van der Waals surface area contributed by atoms with E-state index in [0.717, 1.165) is 5.69 Å². The number of phenols is 1. The van der Waals surface area contributed by atoms with Crippen molar-refractivity contribution in [2.75, 3.05) is 27.0 Å². The summed E-state index contributed by atoms with van der Waals surface area (Å²) < 4.78 is 46.1. The molecule has 3 heterocycles. The molecule has 2 aliphatic rings. The van der Waals surface area contributed by atoms with Crippen molar-refractivity contribution in [3.8, 4) is 5.75 Å². The molecule has 4 rings (SSSR count). The number of fused-ring (bicyclic) bond motifs is 1. The number of nitrogens with zero attached hydrogens (tertiary/aromatic N) is 3.